The van der Waals surface area contributed by atoms with E-state index in [2.05, 4.69) is 10.4 Å². The van der Waals surface area contributed by atoms with Gasteiger partial charge in [-0.3, -0.25) is 20.0 Å². The van der Waals surface area contributed by atoms with Gasteiger partial charge in [0.05, 0.1) is 13.2 Å². The third-order valence-corrected chi connectivity index (χ3v) is 6.04. The van der Waals surface area contributed by atoms with Crippen LogP contribution in [0.4, 0.5) is 0 Å². The highest BCUT2D eigenvalue weighted by molar-refractivity contribution is 5.95. The number of carbonyl (C=O) groups is 2. The van der Waals surface area contributed by atoms with E-state index in [1.165, 1.54) is 0 Å². The molecule has 0 unspecified atom stereocenters. The first kappa shape index (κ1) is 28.5. The molecule has 0 saturated carbocycles. The summed E-state index contributed by atoms with van der Waals surface area (Å²) < 4.78 is 16.9. The predicted molar refractivity (Wildman–Crippen MR) is 146 cm³/mol. The minimum Gasteiger partial charge on any atom is -0.491 e. The van der Waals surface area contributed by atoms with E-state index >= 15 is 0 Å². The van der Waals surface area contributed by atoms with Crippen molar-refractivity contribution in [3.05, 3.63) is 59.2 Å². The number of amidine groups is 1. The zero-order valence-corrected chi connectivity index (χ0v) is 22.1. The number of nitrogens with one attached hydrogen (secondary N) is 2. The van der Waals surface area contributed by atoms with Crippen LogP contribution in [0.5, 0.6) is 11.5 Å². The Morgan fingerprint density at radius 3 is 2.53 bits per heavy atom. The first-order valence-corrected chi connectivity index (χ1v) is 12.9. The molecule has 4 N–H and O–H groups in total. The first-order valence-electron chi connectivity index (χ1n) is 12.9. The van der Waals surface area contributed by atoms with E-state index < -0.39 is 0 Å². The predicted octanol–water partition coefficient (Wildman–Crippen LogP) is 3.12. The molecule has 1 aliphatic rings. The van der Waals surface area contributed by atoms with Crippen LogP contribution in [0.3, 0.4) is 0 Å². The van der Waals surface area contributed by atoms with Gasteiger partial charge in [0.2, 0.25) is 0 Å². The number of aryl methyl sites for hydroxylation is 1. The molecule has 1 amide bonds. The number of hydrogen-bond acceptors (Lipinski definition) is 8. The van der Waals surface area contributed by atoms with Crippen molar-refractivity contribution in [1.29, 1.82) is 5.41 Å². The number of hydrogen-bond donors (Lipinski definition) is 3. The number of benzene rings is 2. The molecule has 0 bridgehead atoms. The van der Waals surface area contributed by atoms with Gasteiger partial charge in [0.1, 0.15) is 30.0 Å². The summed E-state index contributed by atoms with van der Waals surface area (Å²) in [6, 6.07) is 12.3. The van der Waals surface area contributed by atoms with E-state index in [1.807, 2.05) is 24.1 Å². The van der Waals surface area contributed by atoms with Crippen molar-refractivity contribution in [1.82, 2.24) is 10.3 Å². The lowest BCUT2D eigenvalue weighted by atomic mass is 10.1. The third-order valence-electron chi connectivity index (χ3n) is 6.04. The lowest BCUT2D eigenvalue weighted by Crippen LogP contribution is -2.35. The number of carbonyl (C=O) groups excluding carboxylic acids is 2. The van der Waals surface area contributed by atoms with Gasteiger partial charge in [-0.25, -0.2) is 0 Å². The fourth-order valence-corrected chi connectivity index (χ4v) is 4.08. The number of rotatable bonds is 13. The lowest BCUT2D eigenvalue weighted by Gasteiger charge is -2.30. The Balaban J connectivity index is 1.47. The van der Waals surface area contributed by atoms with E-state index in [4.69, 9.17) is 25.4 Å². The van der Waals surface area contributed by atoms with Crippen LogP contribution in [0.15, 0.2) is 47.6 Å². The van der Waals surface area contributed by atoms with Gasteiger partial charge >= 0.3 is 5.97 Å². The Morgan fingerprint density at radius 1 is 1.16 bits per heavy atom. The van der Waals surface area contributed by atoms with Crippen LogP contribution in [0.1, 0.15) is 54.6 Å². The molecule has 3 rings (SSSR count). The molecule has 0 radical (unpaired) electrons. The molecule has 204 valence electrons. The number of nitrogen functional groups attached to an aromatic ring is 1. The van der Waals surface area contributed by atoms with E-state index in [0.29, 0.717) is 29.9 Å². The Kier molecular flexibility index (Phi) is 11.0. The number of piperidine rings is 1. The molecule has 2 aromatic rings. The second-order valence-electron chi connectivity index (χ2n) is 8.81. The smallest absolute Gasteiger partial charge is 0.306 e. The minimum atomic E-state index is -0.287. The van der Waals surface area contributed by atoms with Crippen LogP contribution in [0.25, 0.3) is 0 Å². The molecule has 1 fully saturated rings. The number of esters is 1. The lowest BCUT2D eigenvalue weighted by molar-refractivity contribution is -0.143. The fourth-order valence-electron chi connectivity index (χ4n) is 4.08. The second-order valence-corrected chi connectivity index (χ2v) is 8.81. The van der Waals surface area contributed by atoms with Crippen molar-refractivity contribution in [3.63, 3.8) is 0 Å². The highest BCUT2D eigenvalue weighted by Gasteiger charge is 2.19. The molecule has 10 nitrogen and oxygen atoms in total. The molecule has 0 aliphatic carbocycles. The SMILES string of the molecule is C/C=N/N1CCC(Oc2ccc(C(=O)NCCOc3cc(C(=N)N)ccc3CCC(=O)OCC)cc2)CC1. The largest absolute Gasteiger partial charge is 0.491 e. The zero-order chi connectivity index (χ0) is 27.3. The Labute approximate surface area is 223 Å². The second kappa shape index (κ2) is 14.6. The first-order chi connectivity index (χ1) is 18.4. The fraction of sp³-hybridized carbons (Fsp3) is 0.429. The molecule has 1 aliphatic heterocycles. The van der Waals surface area contributed by atoms with E-state index in [-0.39, 0.29) is 43.4 Å². The number of amides is 1. The summed E-state index contributed by atoms with van der Waals surface area (Å²) in [5.41, 5.74) is 7.46. The third kappa shape index (κ3) is 8.79. The summed E-state index contributed by atoms with van der Waals surface area (Å²) >= 11 is 0. The summed E-state index contributed by atoms with van der Waals surface area (Å²) in [6.45, 7) is 6.22. The van der Waals surface area contributed by atoms with Gasteiger partial charge in [-0.2, -0.15) is 5.10 Å². The standard InChI is InChI=1S/C28H37N5O5/c1-3-32-33-16-13-24(14-17-33)38-23-10-7-21(8-11-23)28(35)31-15-18-37-25-19-22(27(29)30)6-5-20(25)9-12-26(34)36-4-2/h3,5-8,10-11,19,24H,4,9,12-18H2,1-2H3,(H3,29,30)(H,31,35)/b32-3+. The number of ether oxygens (including phenoxy) is 3. The Hall–Kier alpha value is -4.08. The van der Waals surface area contributed by atoms with Crippen molar-refractivity contribution in [2.45, 2.75) is 45.6 Å². The quantitative estimate of drug-likeness (QED) is 0.159. The molecule has 0 atom stereocenters. The van der Waals surface area contributed by atoms with Gasteiger partial charge in [0.25, 0.3) is 5.91 Å². The molecule has 10 heteroatoms. The van der Waals surface area contributed by atoms with Gasteiger partial charge in [0, 0.05) is 49.7 Å². The Bertz CT molecular complexity index is 1110. The van der Waals surface area contributed by atoms with Crippen molar-refractivity contribution in [2.75, 3.05) is 32.8 Å². The summed E-state index contributed by atoms with van der Waals surface area (Å²) in [4.78, 5) is 24.3. The van der Waals surface area contributed by atoms with Crippen molar-refractivity contribution in [2.24, 2.45) is 10.8 Å². The summed E-state index contributed by atoms with van der Waals surface area (Å²) in [5.74, 6) is 0.674. The zero-order valence-electron chi connectivity index (χ0n) is 22.1. The number of nitrogens with two attached hydrogens (primary N) is 1. The minimum absolute atomic E-state index is 0.0800. The molecule has 1 heterocycles. The van der Waals surface area contributed by atoms with Gasteiger partial charge in [-0.1, -0.05) is 12.1 Å². The van der Waals surface area contributed by atoms with E-state index in [9.17, 15) is 9.59 Å². The van der Waals surface area contributed by atoms with Crippen LogP contribution < -0.4 is 20.5 Å². The van der Waals surface area contributed by atoms with Gasteiger partial charge in [0.15, 0.2) is 0 Å². The van der Waals surface area contributed by atoms with Crippen LogP contribution in [0, 0.1) is 5.41 Å². The summed E-state index contributed by atoms with van der Waals surface area (Å²) in [6.07, 6.45) is 4.39. The van der Waals surface area contributed by atoms with Crippen LogP contribution in [-0.2, 0) is 16.0 Å². The molecule has 0 spiro atoms. The van der Waals surface area contributed by atoms with Gasteiger partial charge in [-0.05, 0) is 56.2 Å². The number of nitrogens with zero attached hydrogens (tertiary/aromatic N) is 2. The van der Waals surface area contributed by atoms with Crippen molar-refractivity contribution >= 4 is 23.9 Å². The molecule has 0 aromatic heterocycles. The average Bonchev–Trinajstić information content (AvgIpc) is 2.92. The molecule has 2 aromatic carbocycles. The molecular formula is C28H37N5O5. The number of hydrazone groups is 1. The van der Waals surface area contributed by atoms with Crippen LogP contribution >= 0.6 is 0 Å². The van der Waals surface area contributed by atoms with Gasteiger partial charge < -0.3 is 25.3 Å². The topological polar surface area (TPSA) is 139 Å². The van der Waals surface area contributed by atoms with Crippen molar-refractivity contribution in [3.8, 4) is 11.5 Å². The summed E-state index contributed by atoms with van der Waals surface area (Å²) in [5, 5.41) is 16.9. The highest BCUT2D eigenvalue weighted by Crippen LogP contribution is 2.23. The van der Waals surface area contributed by atoms with E-state index in [1.54, 1.807) is 43.5 Å². The maximum atomic E-state index is 12.6. The molecule has 38 heavy (non-hydrogen) atoms. The van der Waals surface area contributed by atoms with Crippen LogP contribution in [-0.4, -0.2) is 67.9 Å². The van der Waals surface area contributed by atoms with Gasteiger partial charge in [-0.15, -0.1) is 0 Å². The molecular weight excluding hydrogens is 486 g/mol. The Morgan fingerprint density at radius 2 is 1.87 bits per heavy atom. The monoisotopic (exact) mass is 523 g/mol. The average molecular weight is 524 g/mol. The van der Waals surface area contributed by atoms with Crippen LogP contribution in [0.2, 0.25) is 0 Å². The maximum Gasteiger partial charge on any atom is 0.306 e. The normalized spacial score (nSPS) is 13.8. The summed E-state index contributed by atoms with van der Waals surface area (Å²) in [7, 11) is 0. The maximum absolute atomic E-state index is 12.6. The molecule has 1 saturated heterocycles. The van der Waals surface area contributed by atoms with Crippen molar-refractivity contribution < 1.29 is 23.8 Å². The highest BCUT2D eigenvalue weighted by atomic mass is 16.5. The van der Waals surface area contributed by atoms with E-state index in [0.717, 1.165) is 37.2 Å².